The van der Waals surface area contributed by atoms with Gasteiger partial charge >= 0.3 is 0 Å². The number of hydrogen-bond acceptors (Lipinski definition) is 6. The summed E-state index contributed by atoms with van der Waals surface area (Å²) in [6.07, 6.45) is 3.59. The number of nitrogens with two attached hydrogens (primary N) is 1. The number of aromatic amines is 1. The standard InChI is InChI=1S/C29H29Cl2N7OS/c1-28(2,40(33)39)15-20-18-7-4-3-6-17(18)14-29(20)10-12-38(13-11-29)27-34-22(16-32)23-25(36-37-26(23)35-27)19-8-5-9-21(30)24(19)31/h3-9,20H,10-15,33H2,1-2H3,(H,34,35,36,37)/t20-,40?/m1/s1. The Balaban J connectivity index is 1.30. The van der Waals surface area contributed by atoms with Gasteiger partial charge in [0, 0.05) is 18.7 Å². The van der Waals surface area contributed by atoms with Gasteiger partial charge < -0.3 is 4.90 Å². The Labute approximate surface area is 245 Å². The van der Waals surface area contributed by atoms with Gasteiger partial charge in [-0.1, -0.05) is 59.6 Å². The van der Waals surface area contributed by atoms with Crippen molar-refractivity contribution in [2.45, 2.75) is 50.2 Å². The summed E-state index contributed by atoms with van der Waals surface area (Å²) in [4.78, 5) is 11.6. The maximum absolute atomic E-state index is 12.4. The van der Waals surface area contributed by atoms with Gasteiger partial charge in [0.2, 0.25) is 5.95 Å². The molecule has 3 heterocycles. The van der Waals surface area contributed by atoms with Crippen molar-refractivity contribution < 1.29 is 4.21 Å². The van der Waals surface area contributed by atoms with Crippen molar-refractivity contribution in [3.63, 3.8) is 0 Å². The quantitative estimate of drug-likeness (QED) is 0.296. The Bertz CT molecular complexity index is 1690. The van der Waals surface area contributed by atoms with Crippen molar-refractivity contribution in [2.24, 2.45) is 10.6 Å². The van der Waals surface area contributed by atoms with Crippen LogP contribution in [0.1, 0.15) is 55.8 Å². The number of rotatable bonds is 5. The summed E-state index contributed by atoms with van der Waals surface area (Å²) in [5, 5.41) is 24.6. The highest BCUT2D eigenvalue weighted by atomic mass is 35.5. The predicted molar refractivity (Wildman–Crippen MR) is 160 cm³/mol. The molecule has 1 aliphatic carbocycles. The highest BCUT2D eigenvalue weighted by Gasteiger charge is 2.49. The number of nitriles is 1. The Morgan fingerprint density at radius 2 is 1.93 bits per heavy atom. The highest BCUT2D eigenvalue weighted by Crippen LogP contribution is 2.56. The SMILES string of the molecule is CC(C)(C[C@@H]1c2ccccc2CC12CCN(c1nc(C#N)c3c(-c4cccc(Cl)c4Cl)[nH]nc3n1)CC2)S(N)=O. The van der Waals surface area contributed by atoms with E-state index < -0.39 is 15.7 Å². The van der Waals surface area contributed by atoms with Crippen molar-refractivity contribution in [2.75, 3.05) is 18.0 Å². The van der Waals surface area contributed by atoms with Gasteiger partial charge in [-0.2, -0.15) is 15.3 Å². The summed E-state index contributed by atoms with van der Waals surface area (Å²) in [7, 11) is -1.43. The van der Waals surface area contributed by atoms with E-state index >= 15 is 0 Å². The van der Waals surface area contributed by atoms with Crippen LogP contribution < -0.4 is 10.0 Å². The van der Waals surface area contributed by atoms with Gasteiger partial charge in [-0.15, -0.1) is 0 Å². The third kappa shape index (κ3) is 4.47. The van der Waals surface area contributed by atoms with E-state index in [1.54, 1.807) is 12.1 Å². The van der Waals surface area contributed by atoms with Crippen molar-refractivity contribution in [1.82, 2.24) is 20.2 Å². The average molecular weight is 595 g/mol. The number of nitrogens with one attached hydrogen (secondary N) is 1. The van der Waals surface area contributed by atoms with E-state index in [2.05, 4.69) is 50.4 Å². The van der Waals surface area contributed by atoms with Gasteiger partial charge in [0.15, 0.2) is 11.3 Å². The third-order valence-corrected chi connectivity index (χ3v) is 10.8. The van der Waals surface area contributed by atoms with Crippen LogP contribution in [0.2, 0.25) is 10.0 Å². The zero-order valence-corrected chi connectivity index (χ0v) is 24.6. The number of piperidine rings is 1. The van der Waals surface area contributed by atoms with Gasteiger partial charge in [-0.25, -0.2) is 9.19 Å². The molecule has 1 unspecified atom stereocenters. The fraction of sp³-hybridized carbons (Fsp3) is 0.379. The van der Waals surface area contributed by atoms with Crippen LogP contribution in [-0.2, 0) is 17.4 Å². The first-order valence-electron chi connectivity index (χ1n) is 13.2. The maximum Gasteiger partial charge on any atom is 0.228 e. The largest absolute Gasteiger partial charge is 0.341 e. The van der Waals surface area contributed by atoms with E-state index in [4.69, 9.17) is 33.3 Å². The van der Waals surface area contributed by atoms with Crippen molar-refractivity contribution >= 4 is 51.2 Å². The molecule has 0 saturated carbocycles. The van der Waals surface area contributed by atoms with Crippen LogP contribution in [-0.4, -0.2) is 42.2 Å². The fourth-order valence-electron chi connectivity index (χ4n) is 6.47. The summed E-state index contributed by atoms with van der Waals surface area (Å²) in [6, 6.07) is 16.2. The molecule has 206 valence electrons. The van der Waals surface area contributed by atoms with Crippen LogP contribution in [0, 0.1) is 16.7 Å². The Morgan fingerprint density at radius 1 is 1.18 bits per heavy atom. The zero-order valence-electron chi connectivity index (χ0n) is 22.2. The minimum atomic E-state index is -1.43. The molecule has 4 aromatic rings. The molecule has 3 N–H and O–H groups in total. The van der Waals surface area contributed by atoms with E-state index in [-0.39, 0.29) is 17.0 Å². The molecular formula is C29H29Cl2N7OS. The first-order valence-corrected chi connectivity index (χ1v) is 15.2. The van der Waals surface area contributed by atoms with E-state index in [1.807, 2.05) is 19.9 Å². The molecule has 8 nitrogen and oxygen atoms in total. The van der Waals surface area contributed by atoms with Crippen LogP contribution in [0.5, 0.6) is 0 Å². The number of aromatic nitrogens is 4. The fourth-order valence-corrected chi connectivity index (χ4v) is 7.20. The van der Waals surface area contributed by atoms with Crippen molar-refractivity contribution in [3.05, 3.63) is 69.3 Å². The second-order valence-electron chi connectivity index (χ2n) is 11.4. The van der Waals surface area contributed by atoms with Crippen molar-refractivity contribution in [1.29, 1.82) is 5.26 Å². The highest BCUT2D eigenvalue weighted by molar-refractivity contribution is 7.84. The topological polar surface area (TPSA) is 125 Å². The summed E-state index contributed by atoms with van der Waals surface area (Å²) in [5.74, 6) is 0.757. The lowest BCUT2D eigenvalue weighted by Crippen LogP contribution is -2.45. The van der Waals surface area contributed by atoms with Crippen molar-refractivity contribution in [3.8, 4) is 17.3 Å². The van der Waals surface area contributed by atoms with Crippen LogP contribution in [0.3, 0.4) is 0 Å². The number of nitrogens with zero attached hydrogens (tertiary/aromatic N) is 5. The molecule has 2 aliphatic rings. The molecule has 0 amide bonds. The Morgan fingerprint density at radius 3 is 2.65 bits per heavy atom. The number of benzene rings is 2. The molecule has 1 aliphatic heterocycles. The Hall–Kier alpha value is -3.03. The van der Waals surface area contributed by atoms with Crippen LogP contribution in [0.4, 0.5) is 5.95 Å². The normalized spacial score (nSPS) is 19.1. The molecule has 0 radical (unpaired) electrons. The van der Waals surface area contributed by atoms with E-state index in [0.29, 0.717) is 38.3 Å². The second kappa shape index (κ2) is 10.1. The van der Waals surface area contributed by atoms with E-state index in [0.717, 1.165) is 38.8 Å². The summed E-state index contributed by atoms with van der Waals surface area (Å²) in [5.41, 5.74) is 4.61. The summed E-state index contributed by atoms with van der Waals surface area (Å²) >= 11 is 12.7. The van der Waals surface area contributed by atoms with Crippen LogP contribution in [0.15, 0.2) is 42.5 Å². The van der Waals surface area contributed by atoms with Crippen LogP contribution >= 0.6 is 23.2 Å². The molecular weight excluding hydrogens is 565 g/mol. The minimum Gasteiger partial charge on any atom is -0.341 e. The summed E-state index contributed by atoms with van der Waals surface area (Å²) in [6.45, 7) is 5.47. The van der Waals surface area contributed by atoms with Gasteiger partial charge in [0.1, 0.15) is 6.07 Å². The molecule has 1 saturated heterocycles. The monoisotopic (exact) mass is 593 g/mol. The number of anilines is 1. The molecule has 1 spiro atoms. The smallest absolute Gasteiger partial charge is 0.228 e. The van der Waals surface area contributed by atoms with Gasteiger partial charge in [-0.05, 0) is 68.1 Å². The lowest BCUT2D eigenvalue weighted by Gasteiger charge is -2.45. The second-order valence-corrected chi connectivity index (χ2v) is 13.9. The van der Waals surface area contributed by atoms with E-state index in [9.17, 15) is 9.47 Å². The molecule has 2 aromatic carbocycles. The first-order chi connectivity index (χ1) is 19.1. The minimum absolute atomic E-state index is 0.0435. The number of H-pyrrole nitrogens is 1. The molecule has 11 heteroatoms. The van der Waals surface area contributed by atoms with E-state index in [1.165, 1.54) is 11.1 Å². The molecule has 40 heavy (non-hydrogen) atoms. The lowest BCUT2D eigenvalue weighted by molar-refractivity contribution is 0.170. The predicted octanol–water partition coefficient (Wildman–Crippen LogP) is 5.92. The maximum atomic E-state index is 12.4. The first kappa shape index (κ1) is 27.2. The average Bonchev–Trinajstić information content (AvgIpc) is 3.49. The molecule has 1 fully saturated rings. The lowest BCUT2D eigenvalue weighted by atomic mass is 9.67. The summed E-state index contributed by atoms with van der Waals surface area (Å²) < 4.78 is 11.9. The van der Waals surface area contributed by atoms with Gasteiger partial charge in [0.25, 0.3) is 0 Å². The number of halogens is 2. The number of hydrogen-bond donors (Lipinski definition) is 2. The molecule has 2 aromatic heterocycles. The number of fused-ring (bicyclic) bond motifs is 2. The molecule has 2 atom stereocenters. The molecule has 6 rings (SSSR count). The molecule has 0 bridgehead atoms. The third-order valence-electron chi connectivity index (χ3n) is 8.72. The Kier molecular flexibility index (Phi) is 6.86. The van der Waals surface area contributed by atoms with Crippen LogP contribution in [0.25, 0.3) is 22.3 Å². The van der Waals surface area contributed by atoms with Gasteiger partial charge in [0.05, 0.1) is 36.9 Å². The zero-order chi connectivity index (χ0) is 28.2. The van der Waals surface area contributed by atoms with Gasteiger partial charge in [-0.3, -0.25) is 10.2 Å².